The van der Waals surface area contributed by atoms with Crippen molar-refractivity contribution >= 4 is 10.8 Å². The number of hydrogen-bond acceptors (Lipinski definition) is 4. The maximum atomic E-state index is 11.7. The molecule has 0 aromatic carbocycles. The van der Waals surface area contributed by atoms with E-state index in [0.717, 1.165) is 44.2 Å². The van der Waals surface area contributed by atoms with Crippen molar-refractivity contribution in [1.82, 2.24) is 9.80 Å². The molecule has 0 aromatic rings. The number of piperazine rings is 1. The Balaban J connectivity index is 2.12. The van der Waals surface area contributed by atoms with Gasteiger partial charge in [-0.3, -0.25) is 9.11 Å². The number of nitrogens with two attached hydrogens (primary N) is 1. The summed E-state index contributed by atoms with van der Waals surface area (Å²) in [7, 11) is 1.46. The van der Waals surface area contributed by atoms with Crippen molar-refractivity contribution in [3.63, 3.8) is 0 Å². The van der Waals surface area contributed by atoms with Gasteiger partial charge in [-0.25, -0.2) is 0 Å². The van der Waals surface area contributed by atoms with Gasteiger partial charge >= 0.3 is 0 Å². The van der Waals surface area contributed by atoms with Crippen LogP contribution in [-0.2, 0) is 10.8 Å². The summed E-state index contributed by atoms with van der Waals surface area (Å²) in [4.78, 5) is 4.75. The Morgan fingerprint density at radius 3 is 2.50 bits per heavy atom. The Labute approximate surface area is 102 Å². The summed E-state index contributed by atoms with van der Waals surface area (Å²) in [5, 5.41) is 0. The van der Waals surface area contributed by atoms with Crippen molar-refractivity contribution in [2.75, 3.05) is 57.8 Å². The van der Waals surface area contributed by atoms with E-state index >= 15 is 0 Å². The van der Waals surface area contributed by atoms with Crippen molar-refractivity contribution in [1.29, 1.82) is 0 Å². The van der Waals surface area contributed by atoms with Crippen molar-refractivity contribution in [3.05, 3.63) is 0 Å². The van der Waals surface area contributed by atoms with Crippen molar-refractivity contribution in [2.24, 2.45) is 11.7 Å². The lowest BCUT2D eigenvalue weighted by molar-refractivity contribution is 0.161. The number of hydrogen-bond donors (Lipinski definition) is 1. The van der Waals surface area contributed by atoms with Crippen LogP contribution in [0.15, 0.2) is 0 Å². The largest absolute Gasteiger partial charge is 0.330 e. The van der Waals surface area contributed by atoms with Crippen molar-refractivity contribution < 1.29 is 4.21 Å². The first-order valence-electron chi connectivity index (χ1n) is 6.07. The number of likely N-dealkylation sites (N-methyl/N-ethyl adjacent to an activating group) is 1. The maximum absolute atomic E-state index is 11.7. The Bertz CT molecular complexity index is 217. The van der Waals surface area contributed by atoms with Crippen LogP contribution in [0.2, 0.25) is 0 Å². The molecule has 1 heterocycles. The molecule has 0 spiro atoms. The molecule has 2 unspecified atom stereocenters. The van der Waals surface area contributed by atoms with Gasteiger partial charge < -0.3 is 10.6 Å². The number of nitrogens with zero attached hydrogens (tertiary/aromatic N) is 2. The molecule has 1 fully saturated rings. The van der Waals surface area contributed by atoms with Gasteiger partial charge in [0, 0.05) is 55.0 Å². The van der Waals surface area contributed by atoms with Crippen molar-refractivity contribution in [2.45, 2.75) is 6.92 Å². The van der Waals surface area contributed by atoms with Crippen LogP contribution in [0.4, 0.5) is 0 Å². The third-order valence-electron chi connectivity index (χ3n) is 3.10. The topological polar surface area (TPSA) is 49.6 Å². The summed E-state index contributed by atoms with van der Waals surface area (Å²) >= 11 is 0. The molecule has 0 radical (unpaired) electrons. The molecule has 0 saturated carbocycles. The fourth-order valence-electron chi connectivity index (χ4n) is 1.77. The molecule has 0 bridgehead atoms. The zero-order valence-electron chi connectivity index (χ0n) is 10.5. The second kappa shape index (κ2) is 7.37. The van der Waals surface area contributed by atoms with Gasteiger partial charge in [-0.1, -0.05) is 6.92 Å². The van der Waals surface area contributed by atoms with Crippen LogP contribution in [0.25, 0.3) is 0 Å². The van der Waals surface area contributed by atoms with Crippen molar-refractivity contribution in [3.8, 4) is 0 Å². The molecule has 1 aliphatic heterocycles. The van der Waals surface area contributed by atoms with Gasteiger partial charge in [0.15, 0.2) is 0 Å². The Morgan fingerprint density at radius 1 is 1.31 bits per heavy atom. The molecule has 5 heteroatoms. The molecule has 0 amide bonds. The summed E-state index contributed by atoms with van der Waals surface area (Å²) in [5.41, 5.74) is 5.52. The van der Waals surface area contributed by atoms with Gasteiger partial charge in [0.25, 0.3) is 0 Å². The molecule has 0 aliphatic carbocycles. The predicted molar refractivity (Wildman–Crippen MR) is 70.0 cm³/mol. The fourth-order valence-corrected chi connectivity index (χ4v) is 3.17. The summed E-state index contributed by atoms with van der Waals surface area (Å²) in [6, 6.07) is 0. The van der Waals surface area contributed by atoms with E-state index in [-0.39, 0.29) is 0 Å². The molecule has 96 valence electrons. The highest BCUT2D eigenvalue weighted by molar-refractivity contribution is 7.85. The number of rotatable bonds is 6. The molecule has 4 nitrogen and oxygen atoms in total. The minimum atomic E-state index is -0.696. The minimum Gasteiger partial charge on any atom is -0.330 e. The summed E-state index contributed by atoms with van der Waals surface area (Å²) in [6.45, 7) is 8.16. The molecular weight excluding hydrogens is 222 g/mol. The molecular formula is C11H25N3OS. The second-order valence-corrected chi connectivity index (χ2v) is 6.42. The lowest BCUT2D eigenvalue weighted by Gasteiger charge is -2.32. The average molecular weight is 247 g/mol. The van der Waals surface area contributed by atoms with Gasteiger partial charge in [0.1, 0.15) is 0 Å². The van der Waals surface area contributed by atoms with Crippen LogP contribution in [0, 0.1) is 5.92 Å². The van der Waals surface area contributed by atoms with Crippen LogP contribution < -0.4 is 5.73 Å². The lowest BCUT2D eigenvalue weighted by atomic mass is 10.2. The van der Waals surface area contributed by atoms with Crippen LogP contribution >= 0.6 is 0 Å². The summed E-state index contributed by atoms with van der Waals surface area (Å²) < 4.78 is 11.7. The molecule has 1 aliphatic rings. The van der Waals surface area contributed by atoms with E-state index in [4.69, 9.17) is 5.73 Å². The highest BCUT2D eigenvalue weighted by Gasteiger charge is 2.14. The van der Waals surface area contributed by atoms with Gasteiger partial charge in [-0.2, -0.15) is 0 Å². The zero-order chi connectivity index (χ0) is 12.0. The zero-order valence-corrected chi connectivity index (χ0v) is 11.3. The van der Waals surface area contributed by atoms with Gasteiger partial charge in [0.2, 0.25) is 0 Å². The van der Waals surface area contributed by atoms with Crippen LogP contribution in [0.3, 0.4) is 0 Å². The molecule has 2 atom stereocenters. The minimum absolute atomic E-state index is 0.383. The highest BCUT2D eigenvalue weighted by Crippen LogP contribution is 2.01. The van der Waals surface area contributed by atoms with Gasteiger partial charge in [-0.05, 0) is 19.5 Å². The molecule has 1 rings (SSSR count). The smallest absolute Gasteiger partial charge is 0.0362 e. The van der Waals surface area contributed by atoms with E-state index in [1.807, 2.05) is 0 Å². The average Bonchev–Trinajstić information content (AvgIpc) is 2.28. The van der Waals surface area contributed by atoms with E-state index < -0.39 is 10.8 Å². The quantitative estimate of drug-likeness (QED) is 0.692. The van der Waals surface area contributed by atoms with Crippen LogP contribution in [-0.4, -0.2) is 71.8 Å². The van der Waals surface area contributed by atoms with Crippen LogP contribution in [0.5, 0.6) is 0 Å². The SMILES string of the molecule is CC(CN)CS(=O)CCN1CCN(C)CC1. The first-order valence-corrected chi connectivity index (χ1v) is 7.56. The monoisotopic (exact) mass is 247 g/mol. The normalized spacial score (nSPS) is 23.2. The highest BCUT2D eigenvalue weighted by atomic mass is 32.2. The molecule has 2 N–H and O–H groups in total. The standard InChI is InChI=1S/C11H25N3OS/c1-11(9-12)10-16(15)8-7-14-5-3-13(2)4-6-14/h11H,3-10,12H2,1-2H3. The molecule has 1 saturated heterocycles. The van der Waals surface area contributed by atoms with E-state index in [9.17, 15) is 4.21 Å². The Morgan fingerprint density at radius 2 is 1.94 bits per heavy atom. The Kier molecular flexibility index (Phi) is 6.49. The third kappa shape index (κ3) is 5.39. The van der Waals surface area contributed by atoms with E-state index in [1.165, 1.54) is 0 Å². The van der Waals surface area contributed by atoms with E-state index in [1.54, 1.807) is 0 Å². The predicted octanol–water partition coefficient (Wildman–Crippen LogP) is -0.423. The summed E-state index contributed by atoms with van der Waals surface area (Å²) in [6.07, 6.45) is 0. The second-order valence-electron chi connectivity index (χ2n) is 4.80. The maximum Gasteiger partial charge on any atom is 0.0362 e. The van der Waals surface area contributed by atoms with Gasteiger partial charge in [-0.15, -0.1) is 0 Å². The molecule has 16 heavy (non-hydrogen) atoms. The van der Waals surface area contributed by atoms with Gasteiger partial charge in [0.05, 0.1) is 0 Å². The van der Waals surface area contributed by atoms with E-state index in [0.29, 0.717) is 12.5 Å². The lowest BCUT2D eigenvalue weighted by Crippen LogP contribution is -2.45. The fraction of sp³-hybridized carbons (Fsp3) is 1.00. The summed E-state index contributed by atoms with van der Waals surface area (Å²) in [5.74, 6) is 1.94. The first-order chi connectivity index (χ1) is 7.61. The first kappa shape index (κ1) is 14.1. The van der Waals surface area contributed by atoms with Crippen LogP contribution in [0.1, 0.15) is 6.92 Å². The molecule has 0 aromatic heterocycles. The third-order valence-corrected chi connectivity index (χ3v) is 4.68. The van der Waals surface area contributed by atoms with E-state index in [2.05, 4.69) is 23.8 Å². The Hall–Kier alpha value is 0.0300.